The van der Waals surface area contributed by atoms with Gasteiger partial charge in [-0.2, -0.15) is 0 Å². The summed E-state index contributed by atoms with van der Waals surface area (Å²) in [6.07, 6.45) is 3.15. The lowest BCUT2D eigenvalue weighted by molar-refractivity contribution is 0.0998. The van der Waals surface area contributed by atoms with Gasteiger partial charge in [-0.05, 0) is 44.4 Å². The third kappa shape index (κ3) is 2.11. The maximum absolute atomic E-state index is 13.3. The molecule has 0 bridgehead atoms. The lowest BCUT2D eigenvalue weighted by Crippen LogP contribution is -2.12. The molecule has 0 saturated heterocycles. The molecular formula is C16H13FN2O2S. The smallest absolute Gasteiger partial charge is 0.293 e. The van der Waals surface area contributed by atoms with E-state index in [1.54, 1.807) is 6.92 Å². The van der Waals surface area contributed by atoms with Gasteiger partial charge in [0.1, 0.15) is 11.4 Å². The fourth-order valence-electron chi connectivity index (χ4n) is 2.81. The third-order valence-electron chi connectivity index (χ3n) is 3.92. The minimum atomic E-state index is -0.347. The van der Waals surface area contributed by atoms with Crippen molar-refractivity contribution in [3.63, 3.8) is 0 Å². The second kappa shape index (κ2) is 4.91. The van der Waals surface area contributed by atoms with Gasteiger partial charge in [0.25, 0.3) is 5.91 Å². The zero-order valence-corrected chi connectivity index (χ0v) is 12.7. The summed E-state index contributed by atoms with van der Waals surface area (Å²) in [5.74, 6) is -0.489. The van der Waals surface area contributed by atoms with Crippen LogP contribution in [0.5, 0.6) is 0 Å². The standard InChI is InChI=1S/C16H13FN2O2S/c1-8-10-7-9(17)5-6-12(10)21-14(8)15(20)19-16-18-11-3-2-4-13(11)22-16/h5-7H,2-4H2,1H3,(H,18,19,20). The van der Waals surface area contributed by atoms with Gasteiger partial charge >= 0.3 is 0 Å². The zero-order valence-electron chi connectivity index (χ0n) is 11.9. The quantitative estimate of drug-likeness (QED) is 0.775. The number of rotatable bonds is 2. The Morgan fingerprint density at radius 1 is 1.41 bits per heavy atom. The molecule has 0 aliphatic heterocycles. The van der Waals surface area contributed by atoms with Crippen molar-refractivity contribution in [3.8, 4) is 0 Å². The molecule has 0 fully saturated rings. The Hall–Kier alpha value is -2.21. The van der Waals surface area contributed by atoms with Crippen LogP contribution in [0, 0.1) is 12.7 Å². The second-order valence-electron chi connectivity index (χ2n) is 5.39. The van der Waals surface area contributed by atoms with E-state index >= 15 is 0 Å². The van der Waals surface area contributed by atoms with E-state index in [0.29, 0.717) is 21.7 Å². The Labute approximate surface area is 130 Å². The Morgan fingerprint density at radius 3 is 3.09 bits per heavy atom. The number of aryl methyl sites for hydroxylation is 3. The van der Waals surface area contributed by atoms with Crippen molar-refractivity contribution in [1.82, 2.24) is 4.98 Å². The van der Waals surface area contributed by atoms with Crippen molar-refractivity contribution < 1.29 is 13.6 Å². The lowest BCUT2D eigenvalue weighted by Gasteiger charge is -1.99. The molecule has 1 aliphatic carbocycles. The maximum Gasteiger partial charge on any atom is 0.293 e. The number of hydrogen-bond donors (Lipinski definition) is 1. The van der Waals surface area contributed by atoms with Gasteiger partial charge in [-0.1, -0.05) is 0 Å². The molecule has 0 atom stereocenters. The highest BCUT2D eigenvalue weighted by atomic mass is 32.1. The number of amides is 1. The summed E-state index contributed by atoms with van der Waals surface area (Å²) < 4.78 is 18.9. The number of nitrogens with one attached hydrogen (secondary N) is 1. The SMILES string of the molecule is Cc1c(C(=O)Nc2nc3c(s2)CCC3)oc2ccc(F)cc12. The van der Waals surface area contributed by atoms with Crippen molar-refractivity contribution in [1.29, 1.82) is 0 Å². The largest absolute Gasteiger partial charge is 0.451 e. The molecule has 22 heavy (non-hydrogen) atoms. The minimum Gasteiger partial charge on any atom is -0.451 e. The van der Waals surface area contributed by atoms with E-state index in [2.05, 4.69) is 10.3 Å². The van der Waals surface area contributed by atoms with Crippen molar-refractivity contribution in [2.75, 3.05) is 5.32 Å². The molecule has 1 N–H and O–H groups in total. The molecule has 2 aromatic heterocycles. The highest BCUT2D eigenvalue weighted by Gasteiger charge is 2.21. The van der Waals surface area contributed by atoms with E-state index in [1.807, 2.05) is 0 Å². The molecule has 0 radical (unpaired) electrons. The van der Waals surface area contributed by atoms with Crippen LogP contribution in [0.3, 0.4) is 0 Å². The number of halogens is 1. The average molecular weight is 316 g/mol. The molecule has 6 heteroatoms. The number of thiazole rings is 1. The number of benzene rings is 1. The summed E-state index contributed by atoms with van der Waals surface area (Å²) in [7, 11) is 0. The van der Waals surface area contributed by atoms with Gasteiger partial charge in [-0.25, -0.2) is 9.37 Å². The molecule has 112 valence electrons. The third-order valence-corrected chi connectivity index (χ3v) is 4.99. The van der Waals surface area contributed by atoms with Gasteiger partial charge in [-0.3, -0.25) is 10.1 Å². The Morgan fingerprint density at radius 2 is 2.27 bits per heavy atom. The van der Waals surface area contributed by atoms with Crippen LogP contribution in [0.1, 0.15) is 33.1 Å². The summed E-state index contributed by atoms with van der Waals surface area (Å²) in [4.78, 5) is 18.1. The summed E-state index contributed by atoms with van der Waals surface area (Å²) in [6, 6.07) is 4.23. The van der Waals surface area contributed by atoms with E-state index in [1.165, 1.54) is 34.4 Å². The van der Waals surface area contributed by atoms with Gasteiger partial charge in [0.2, 0.25) is 0 Å². The first-order valence-electron chi connectivity index (χ1n) is 7.10. The van der Waals surface area contributed by atoms with Gasteiger partial charge in [0.15, 0.2) is 10.9 Å². The first kappa shape index (κ1) is 13.5. The van der Waals surface area contributed by atoms with Crippen LogP contribution in [0.2, 0.25) is 0 Å². The molecule has 0 unspecified atom stereocenters. The van der Waals surface area contributed by atoms with E-state index in [-0.39, 0.29) is 17.5 Å². The van der Waals surface area contributed by atoms with Gasteiger partial charge < -0.3 is 4.42 Å². The summed E-state index contributed by atoms with van der Waals surface area (Å²) >= 11 is 1.52. The second-order valence-corrected chi connectivity index (χ2v) is 6.48. The van der Waals surface area contributed by atoms with E-state index in [4.69, 9.17) is 4.42 Å². The first-order chi connectivity index (χ1) is 10.6. The predicted molar refractivity (Wildman–Crippen MR) is 83.0 cm³/mol. The first-order valence-corrected chi connectivity index (χ1v) is 7.92. The van der Waals surface area contributed by atoms with Crippen LogP contribution in [0.25, 0.3) is 11.0 Å². The average Bonchev–Trinajstić information content (AvgIpc) is 3.13. The van der Waals surface area contributed by atoms with Crippen LogP contribution in [0.4, 0.5) is 9.52 Å². The van der Waals surface area contributed by atoms with Crippen molar-refractivity contribution in [2.45, 2.75) is 26.2 Å². The molecular weight excluding hydrogens is 303 g/mol. The monoisotopic (exact) mass is 316 g/mol. The van der Waals surface area contributed by atoms with E-state index in [9.17, 15) is 9.18 Å². The Balaban J connectivity index is 1.66. The predicted octanol–water partition coefficient (Wildman–Crippen LogP) is 4.08. The zero-order chi connectivity index (χ0) is 15.3. The number of carbonyl (C=O) groups is 1. The highest BCUT2D eigenvalue weighted by Crippen LogP contribution is 2.31. The van der Waals surface area contributed by atoms with Crippen LogP contribution in [0.15, 0.2) is 22.6 Å². The van der Waals surface area contributed by atoms with Gasteiger partial charge in [-0.15, -0.1) is 11.3 Å². The van der Waals surface area contributed by atoms with Gasteiger partial charge in [0, 0.05) is 15.8 Å². The molecule has 2 heterocycles. The topological polar surface area (TPSA) is 55.1 Å². The molecule has 3 aromatic rings. The van der Waals surface area contributed by atoms with Crippen LogP contribution >= 0.6 is 11.3 Å². The highest BCUT2D eigenvalue weighted by molar-refractivity contribution is 7.15. The van der Waals surface area contributed by atoms with Crippen molar-refractivity contribution in [3.05, 3.63) is 45.9 Å². The fraction of sp³-hybridized carbons (Fsp3) is 0.250. The van der Waals surface area contributed by atoms with Gasteiger partial charge in [0.05, 0.1) is 5.69 Å². The summed E-state index contributed by atoms with van der Waals surface area (Å²) in [5.41, 5.74) is 2.23. The Kier molecular flexibility index (Phi) is 3.00. The summed E-state index contributed by atoms with van der Waals surface area (Å²) in [5, 5.41) is 4.00. The summed E-state index contributed by atoms with van der Waals surface area (Å²) in [6.45, 7) is 1.75. The molecule has 4 rings (SSSR count). The molecule has 1 amide bonds. The molecule has 4 nitrogen and oxygen atoms in total. The fourth-order valence-corrected chi connectivity index (χ4v) is 3.85. The number of hydrogen-bond acceptors (Lipinski definition) is 4. The number of anilines is 1. The molecule has 0 saturated carbocycles. The Bertz CT molecular complexity index is 876. The molecule has 0 spiro atoms. The minimum absolute atomic E-state index is 0.205. The normalized spacial score (nSPS) is 13.5. The van der Waals surface area contributed by atoms with Crippen molar-refractivity contribution in [2.24, 2.45) is 0 Å². The molecule has 1 aliphatic rings. The van der Waals surface area contributed by atoms with Crippen LogP contribution in [-0.4, -0.2) is 10.9 Å². The number of aromatic nitrogens is 1. The lowest BCUT2D eigenvalue weighted by atomic mass is 10.1. The van der Waals surface area contributed by atoms with Crippen molar-refractivity contribution >= 4 is 33.3 Å². The number of nitrogens with zero attached hydrogens (tertiary/aromatic N) is 1. The van der Waals surface area contributed by atoms with E-state index < -0.39 is 0 Å². The molecule has 1 aromatic carbocycles. The van der Waals surface area contributed by atoms with E-state index in [0.717, 1.165) is 25.0 Å². The number of carbonyl (C=O) groups excluding carboxylic acids is 1. The van der Waals surface area contributed by atoms with Crippen LogP contribution < -0.4 is 5.32 Å². The number of fused-ring (bicyclic) bond motifs is 2. The van der Waals surface area contributed by atoms with Crippen LogP contribution in [-0.2, 0) is 12.8 Å². The maximum atomic E-state index is 13.3. The number of furan rings is 1.